The summed E-state index contributed by atoms with van der Waals surface area (Å²) in [7, 11) is 0. The summed E-state index contributed by atoms with van der Waals surface area (Å²) in [5, 5.41) is 51.0. The fraction of sp³-hybridized carbons (Fsp3) is 0.250. The van der Waals surface area contributed by atoms with Crippen LogP contribution in [0, 0.1) is 0 Å². The van der Waals surface area contributed by atoms with Gasteiger partial charge in [0, 0.05) is 25.7 Å². The third kappa shape index (κ3) is 7.22. The number of hydrogen-bond donors (Lipinski definition) is 6. The number of aromatic nitrogens is 1. The van der Waals surface area contributed by atoms with E-state index in [4.69, 9.17) is 30.6 Å². The molecule has 0 amide bonds. The molecule has 24 heavy (non-hydrogen) atoms. The standard InChI is InChI=1S/C6H5NO2.C6H8O8.Zn/c8-6(9)5-3-1-2-4-7-5;7-2(8)1-6(14,5(12)13)3(9)4(10)11;/h1-4H,(H,8,9);3,9,14H,1H2,(H,7,8)(H,10,11)(H,12,13);. The van der Waals surface area contributed by atoms with Crippen molar-refractivity contribution in [1.82, 2.24) is 4.98 Å². The Morgan fingerprint density at radius 2 is 1.62 bits per heavy atom. The van der Waals surface area contributed by atoms with E-state index >= 15 is 0 Å². The first-order valence-electron chi connectivity index (χ1n) is 5.75. The predicted molar refractivity (Wildman–Crippen MR) is 69.7 cm³/mol. The van der Waals surface area contributed by atoms with Gasteiger partial charge in [0.15, 0.2) is 6.10 Å². The number of aliphatic carboxylic acids is 3. The molecule has 0 saturated carbocycles. The maximum atomic E-state index is 10.4. The van der Waals surface area contributed by atoms with Crippen molar-refractivity contribution in [3.63, 3.8) is 0 Å². The van der Waals surface area contributed by atoms with Crippen molar-refractivity contribution < 1.29 is 69.3 Å². The van der Waals surface area contributed by atoms with Crippen molar-refractivity contribution in [2.45, 2.75) is 18.1 Å². The van der Waals surface area contributed by atoms with Crippen LogP contribution >= 0.6 is 0 Å². The molecule has 0 fully saturated rings. The van der Waals surface area contributed by atoms with Gasteiger partial charge < -0.3 is 30.6 Å². The summed E-state index contributed by atoms with van der Waals surface area (Å²) in [4.78, 5) is 44.4. The molecule has 0 aliphatic rings. The Morgan fingerprint density at radius 3 is 1.88 bits per heavy atom. The van der Waals surface area contributed by atoms with E-state index in [0.717, 1.165) is 0 Å². The quantitative estimate of drug-likeness (QED) is 0.305. The van der Waals surface area contributed by atoms with Gasteiger partial charge in [0.25, 0.3) is 0 Å². The molecule has 2 atom stereocenters. The Bertz CT molecular complexity index is 593. The maximum absolute atomic E-state index is 10.4. The van der Waals surface area contributed by atoms with E-state index < -0.39 is 42.0 Å². The number of hydrogen-bond acceptors (Lipinski definition) is 7. The summed E-state index contributed by atoms with van der Waals surface area (Å²) in [5.74, 6) is -6.86. The first-order valence-corrected chi connectivity index (χ1v) is 5.75. The number of aromatic carboxylic acids is 1. The first kappa shape index (κ1) is 23.8. The van der Waals surface area contributed by atoms with E-state index in [9.17, 15) is 19.2 Å². The molecule has 1 rings (SSSR count). The second-order valence-corrected chi connectivity index (χ2v) is 4.06. The summed E-state index contributed by atoms with van der Waals surface area (Å²) >= 11 is 0. The van der Waals surface area contributed by atoms with Gasteiger partial charge in [0.2, 0.25) is 5.60 Å². The summed E-state index contributed by atoms with van der Waals surface area (Å²) < 4.78 is 0. The number of aliphatic hydroxyl groups excluding tert-OH is 1. The number of rotatable bonds is 6. The van der Waals surface area contributed by atoms with Crippen LogP contribution in [0.3, 0.4) is 0 Å². The Balaban J connectivity index is 0. The van der Waals surface area contributed by atoms with Gasteiger partial charge in [-0.05, 0) is 12.1 Å². The molecule has 0 bridgehead atoms. The predicted octanol–water partition coefficient (Wildman–Crippen LogP) is -1.50. The molecule has 1 aromatic rings. The van der Waals surface area contributed by atoms with Gasteiger partial charge in [-0.15, -0.1) is 0 Å². The van der Waals surface area contributed by atoms with Gasteiger partial charge in [0.05, 0.1) is 6.42 Å². The number of carbonyl (C=O) groups is 4. The van der Waals surface area contributed by atoms with Crippen LogP contribution in [0.25, 0.3) is 0 Å². The molecule has 2 unspecified atom stereocenters. The molecule has 128 valence electrons. The van der Waals surface area contributed by atoms with Crippen LogP contribution in [0.5, 0.6) is 0 Å². The molecule has 12 heteroatoms. The minimum atomic E-state index is -3.22. The molecule has 0 aliphatic carbocycles. The molecule has 11 nitrogen and oxygen atoms in total. The van der Waals surface area contributed by atoms with Crippen LogP contribution in [-0.4, -0.2) is 71.2 Å². The van der Waals surface area contributed by atoms with Crippen molar-refractivity contribution in [3.8, 4) is 0 Å². The molecule has 0 saturated heterocycles. The van der Waals surface area contributed by atoms with Crippen LogP contribution < -0.4 is 0 Å². The van der Waals surface area contributed by atoms with Crippen LogP contribution in [0.1, 0.15) is 16.9 Å². The minimum Gasteiger partial charge on any atom is -0.481 e. The smallest absolute Gasteiger partial charge is 0.354 e. The van der Waals surface area contributed by atoms with E-state index in [-0.39, 0.29) is 25.2 Å². The average Bonchev–Trinajstić information content (AvgIpc) is 2.46. The van der Waals surface area contributed by atoms with Crippen LogP contribution in [0.4, 0.5) is 0 Å². The molecule has 0 aromatic carbocycles. The Labute approximate surface area is 147 Å². The monoisotopic (exact) mass is 395 g/mol. The van der Waals surface area contributed by atoms with Crippen molar-refractivity contribution in [2.24, 2.45) is 0 Å². The summed E-state index contributed by atoms with van der Waals surface area (Å²) in [6, 6.07) is 4.76. The van der Waals surface area contributed by atoms with Crippen LogP contribution in [-0.2, 0) is 33.9 Å². The first-order chi connectivity index (χ1) is 10.5. The summed E-state index contributed by atoms with van der Waals surface area (Å²) in [5.41, 5.74) is -3.14. The zero-order chi connectivity index (χ0) is 18.2. The largest absolute Gasteiger partial charge is 0.481 e. The zero-order valence-electron chi connectivity index (χ0n) is 12.1. The van der Waals surface area contributed by atoms with Gasteiger partial charge >= 0.3 is 23.9 Å². The summed E-state index contributed by atoms with van der Waals surface area (Å²) in [6.07, 6.45) is -2.66. The number of carboxylic acids is 4. The molecule has 0 radical (unpaired) electrons. The molecule has 0 aliphatic heterocycles. The second kappa shape index (κ2) is 10.4. The molecule has 0 spiro atoms. The Morgan fingerprint density at radius 1 is 1.08 bits per heavy atom. The number of nitrogens with zero attached hydrogens (tertiary/aromatic N) is 1. The van der Waals surface area contributed by atoms with Gasteiger partial charge in [-0.25, -0.2) is 19.4 Å². The van der Waals surface area contributed by atoms with Gasteiger partial charge in [-0.2, -0.15) is 0 Å². The van der Waals surface area contributed by atoms with E-state index in [1.54, 1.807) is 12.1 Å². The van der Waals surface area contributed by atoms with Crippen molar-refractivity contribution in [3.05, 3.63) is 30.1 Å². The van der Waals surface area contributed by atoms with Gasteiger partial charge in [0.1, 0.15) is 5.69 Å². The van der Waals surface area contributed by atoms with E-state index in [2.05, 4.69) is 4.98 Å². The fourth-order valence-electron chi connectivity index (χ4n) is 1.21. The van der Waals surface area contributed by atoms with Crippen LogP contribution in [0.15, 0.2) is 24.4 Å². The number of carboxylic acid groups (broad SMARTS) is 4. The minimum absolute atomic E-state index is 0. The number of aliphatic hydroxyl groups is 2. The Kier molecular flexibility index (Phi) is 10.3. The third-order valence-corrected chi connectivity index (χ3v) is 2.36. The maximum Gasteiger partial charge on any atom is 0.354 e. The average molecular weight is 397 g/mol. The normalized spacial score (nSPS) is 13.1. The van der Waals surface area contributed by atoms with E-state index in [1.165, 1.54) is 12.3 Å². The van der Waals surface area contributed by atoms with Crippen molar-refractivity contribution in [1.29, 1.82) is 0 Å². The van der Waals surface area contributed by atoms with E-state index in [1.807, 2.05) is 0 Å². The van der Waals surface area contributed by atoms with Crippen LogP contribution in [0.2, 0.25) is 0 Å². The molecule has 1 heterocycles. The van der Waals surface area contributed by atoms with E-state index in [0.29, 0.717) is 0 Å². The SMILES string of the molecule is O=C(O)CC(O)(C(=O)O)C(O)C(=O)O.O=C(O)c1ccccn1.[Zn]. The zero-order valence-corrected chi connectivity index (χ0v) is 15.0. The second-order valence-electron chi connectivity index (χ2n) is 4.06. The fourth-order valence-corrected chi connectivity index (χ4v) is 1.21. The molecule has 6 N–H and O–H groups in total. The van der Waals surface area contributed by atoms with Gasteiger partial charge in [-0.3, -0.25) is 4.79 Å². The van der Waals surface area contributed by atoms with Crippen molar-refractivity contribution >= 4 is 23.9 Å². The number of pyridine rings is 1. The molecule has 1 aromatic heterocycles. The van der Waals surface area contributed by atoms with Gasteiger partial charge in [-0.1, -0.05) is 6.07 Å². The Hall–Kier alpha value is -2.43. The third-order valence-electron chi connectivity index (χ3n) is 2.36. The topological polar surface area (TPSA) is 203 Å². The summed E-state index contributed by atoms with van der Waals surface area (Å²) in [6.45, 7) is 0. The molecular formula is C12H13NO10Zn. The van der Waals surface area contributed by atoms with Crippen molar-refractivity contribution in [2.75, 3.05) is 0 Å². The molecular weight excluding hydrogens is 384 g/mol.